The third-order valence-electron chi connectivity index (χ3n) is 5.19. The molecule has 2 aromatic carbocycles. The van der Waals surface area contributed by atoms with Crippen LogP contribution in [-0.4, -0.2) is 15.6 Å². The lowest BCUT2D eigenvalue weighted by Gasteiger charge is -2.15. The van der Waals surface area contributed by atoms with Gasteiger partial charge in [0.15, 0.2) is 0 Å². The van der Waals surface area contributed by atoms with E-state index in [1.165, 1.54) is 5.56 Å². The van der Waals surface area contributed by atoms with E-state index in [1.807, 2.05) is 50.2 Å². The van der Waals surface area contributed by atoms with Crippen molar-refractivity contribution in [3.63, 3.8) is 0 Å². The Morgan fingerprint density at radius 2 is 1.59 bits per heavy atom. The normalized spacial score (nSPS) is 12.1. The number of aromatic nitrogens is 1. The number of aromatic carboxylic acids is 1. The molecule has 0 amide bonds. The predicted molar refractivity (Wildman–Crippen MR) is 108 cm³/mol. The van der Waals surface area contributed by atoms with Gasteiger partial charge >= 0.3 is 5.97 Å². The zero-order valence-electron chi connectivity index (χ0n) is 16.1. The molecule has 0 saturated carbocycles. The van der Waals surface area contributed by atoms with Crippen LogP contribution in [0.15, 0.2) is 60.7 Å². The minimum absolute atomic E-state index is 0.144. The molecule has 1 atom stereocenters. The fourth-order valence-electron chi connectivity index (χ4n) is 3.57. The van der Waals surface area contributed by atoms with Gasteiger partial charge in [-0.2, -0.15) is 0 Å². The molecule has 3 rings (SSSR count). The highest BCUT2D eigenvalue weighted by Gasteiger charge is 2.23. The van der Waals surface area contributed by atoms with Crippen molar-refractivity contribution in [3.8, 4) is 0 Å². The van der Waals surface area contributed by atoms with Crippen molar-refractivity contribution in [1.29, 1.82) is 0 Å². The smallest absolute Gasteiger partial charge is 0.337 e. The Balaban J connectivity index is 1.88. The number of carbonyl (C=O) groups is 1. The first kappa shape index (κ1) is 18.9. The van der Waals surface area contributed by atoms with Gasteiger partial charge in [-0.25, -0.2) is 4.79 Å². The van der Waals surface area contributed by atoms with Gasteiger partial charge in [0.25, 0.3) is 0 Å². The minimum Gasteiger partial charge on any atom is -0.478 e. The van der Waals surface area contributed by atoms with Crippen LogP contribution < -0.4 is 5.32 Å². The Kier molecular flexibility index (Phi) is 5.77. The second-order valence-electron chi connectivity index (χ2n) is 6.91. The van der Waals surface area contributed by atoms with Crippen LogP contribution in [0.3, 0.4) is 0 Å². The number of nitrogens with zero attached hydrogens (tertiary/aromatic N) is 1. The molecule has 140 valence electrons. The molecule has 0 radical (unpaired) electrons. The summed E-state index contributed by atoms with van der Waals surface area (Å²) in [7, 11) is 0. The van der Waals surface area contributed by atoms with Crippen LogP contribution in [-0.2, 0) is 13.1 Å². The quantitative estimate of drug-likeness (QED) is 0.640. The van der Waals surface area contributed by atoms with Gasteiger partial charge in [-0.05, 0) is 31.9 Å². The molecule has 0 aliphatic rings. The molecule has 1 heterocycles. The summed E-state index contributed by atoms with van der Waals surface area (Å²) >= 11 is 0. The molecule has 27 heavy (non-hydrogen) atoms. The summed E-state index contributed by atoms with van der Waals surface area (Å²) in [4.78, 5) is 11.9. The molecule has 0 spiro atoms. The molecule has 2 N–H and O–H groups in total. The highest BCUT2D eigenvalue weighted by atomic mass is 16.4. The second kappa shape index (κ2) is 8.23. The van der Waals surface area contributed by atoms with Gasteiger partial charge in [-0.15, -0.1) is 0 Å². The summed E-state index contributed by atoms with van der Waals surface area (Å²) in [6.45, 7) is 7.19. The Morgan fingerprint density at radius 3 is 2.19 bits per heavy atom. The molecular formula is C23H26N2O2. The SMILES string of the molecule is Cc1c(CN[C@H](C)c2ccccc2)c(C(=O)O)c(C)n1Cc1ccccc1. The monoisotopic (exact) mass is 362 g/mol. The molecule has 1 aromatic heterocycles. The molecule has 3 aromatic rings. The largest absolute Gasteiger partial charge is 0.478 e. The molecule has 0 aliphatic heterocycles. The number of benzene rings is 2. The van der Waals surface area contributed by atoms with Crippen LogP contribution in [0.2, 0.25) is 0 Å². The predicted octanol–water partition coefficient (Wildman–Crippen LogP) is 4.70. The van der Waals surface area contributed by atoms with E-state index in [0.717, 1.165) is 22.5 Å². The Bertz CT molecular complexity index is 915. The van der Waals surface area contributed by atoms with Crippen molar-refractivity contribution in [1.82, 2.24) is 9.88 Å². The summed E-state index contributed by atoms with van der Waals surface area (Å²) in [5.74, 6) is -0.869. The first-order valence-electron chi connectivity index (χ1n) is 9.23. The summed E-state index contributed by atoms with van der Waals surface area (Å²) in [6, 6.07) is 20.5. The summed E-state index contributed by atoms with van der Waals surface area (Å²) in [5.41, 5.74) is 5.42. The summed E-state index contributed by atoms with van der Waals surface area (Å²) in [6.07, 6.45) is 0. The first-order chi connectivity index (χ1) is 13.0. The number of carboxylic acids is 1. The fourth-order valence-corrected chi connectivity index (χ4v) is 3.57. The van der Waals surface area contributed by atoms with E-state index in [9.17, 15) is 9.90 Å². The molecule has 0 unspecified atom stereocenters. The molecule has 4 nitrogen and oxygen atoms in total. The van der Waals surface area contributed by atoms with Crippen LogP contribution in [0, 0.1) is 13.8 Å². The highest BCUT2D eigenvalue weighted by Crippen LogP contribution is 2.25. The van der Waals surface area contributed by atoms with E-state index >= 15 is 0 Å². The van der Waals surface area contributed by atoms with Gasteiger partial charge in [-0.3, -0.25) is 0 Å². The Hall–Kier alpha value is -2.85. The summed E-state index contributed by atoms with van der Waals surface area (Å²) in [5, 5.41) is 13.3. The molecule has 0 fully saturated rings. The number of hydrogen-bond donors (Lipinski definition) is 2. The highest BCUT2D eigenvalue weighted by molar-refractivity contribution is 5.91. The van der Waals surface area contributed by atoms with Crippen LogP contribution in [0.1, 0.15) is 51.4 Å². The lowest BCUT2D eigenvalue weighted by molar-refractivity contribution is 0.0694. The summed E-state index contributed by atoms with van der Waals surface area (Å²) < 4.78 is 2.10. The zero-order chi connectivity index (χ0) is 19.4. The Morgan fingerprint density at radius 1 is 1.00 bits per heavy atom. The van der Waals surface area contributed by atoms with Gasteiger partial charge < -0.3 is 15.0 Å². The minimum atomic E-state index is -0.869. The van der Waals surface area contributed by atoms with Gasteiger partial charge in [0.2, 0.25) is 0 Å². The van der Waals surface area contributed by atoms with Crippen molar-refractivity contribution in [2.24, 2.45) is 0 Å². The van der Waals surface area contributed by atoms with Gasteiger partial charge in [0.1, 0.15) is 0 Å². The van der Waals surface area contributed by atoms with E-state index in [4.69, 9.17) is 0 Å². The maximum atomic E-state index is 11.9. The van der Waals surface area contributed by atoms with Gasteiger partial charge in [-0.1, -0.05) is 60.7 Å². The number of rotatable bonds is 7. The maximum absolute atomic E-state index is 11.9. The molecular weight excluding hydrogens is 336 g/mol. The van der Waals surface area contributed by atoms with Crippen LogP contribution in [0.4, 0.5) is 0 Å². The first-order valence-corrected chi connectivity index (χ1v) is 9.23. The zero-order valence-corrected chi connectivity index (χ0v) is 16.1. The topological polar surface area (TPSA) is 54.3 Å². The molecule has 0 bridgehead atoms. The van der Waals surface area contributed by atoms with E-state index in [1.54, 1.807) is 0 Å². The fraction of sp³-hybridized carbons (Fsp3) is 0.261. The van der Waals surface area contributed by atoms with Crippen LogP contribution in [0.25, 0.3) is 0 Å². The van der Waals surface area contributed by atoms with Gasteiger partial charge in [0, 0.05) is 36.1 Å². The number of nitrogens with one attached hydrogen (secondary N) is 1. The Labute approximate surface area is 160 Å². The average molecular weight is 362 g/mol. The third-order valence-corrected chi connectivity index (χ3v) is 5.19. The lowest BCUT2D eigenvalue weighted by Crippen LogP contribution is -2.19. The third kappa shape index (κ3) is 4.12. The van der Waals surface area contributed by atoms with E-state index in [-0.39, 0.29) is 6.04 Å². The van der Waals surface area contributed by atoms with Crippen molar-refractivity contribution in [2.75, 3.05) is 0 Å². The van der Waals surface area contributed by atoms with Crippen LogP contribution in [0.5, 0.6) is 0 Å². The van der Waals surface area contributed by atoms with Crippen molar-refractivity contribution >= 4 is 5.97 Å². The van der Waals surface area contributed by atoms with E-state index in [2.05, 4.69) is 41.1 Å². The standard InChI is InChI=1S/C23H26N2O2/c1-16(20-12-8-5-9-13-20)24-14-21-17(2)25(18(3)22(21)23(26)27)15-19-10-6-4-7-11-19/h4-13,16,24H,14-15H2,1-3H3,(H,26,27)/t16-/m1/s1. The number of carboxylic acid groups (broad SMARTS) is 1. The van der Waals surface area contributed by atoms with E-state index in [0.29, 0.717) is 18.7 Å². The maximum Gasteiger partial charge on any atom is 0.337 e. The van der Waals surface area contributed by atoms with Crippen molar-refractivity contribution in [2.45, 2.75) is 39.9 Å². The van der Waals surface area contributed by atoms with Crippen molar-refractivity contribution < 1.29 is 9.90 Å². The molecule has 0 aliphatic carbocycles. The van der Waals surface area contributed by atoms with Gasteiger partial charge in [0.05, 0.1) is 5.56 Å². The second-order valence-corrected chi connectivity index (χ2v) is 6.91. The lowest BCUT2D eigenvalue weighted by atomic mass is 10.1. The molecule has 0 saturated heterocycles. The van der Waals surface area contributed by atoms with E-state index < -0.39 is 5.97 Å². The van der Waals surface area contributed by atoms with Crippen LogP contribution >= 0.6 is 0 Å². The average Bonchev–Trinajstić information content (AvgIpc) is 2.92. The molecule has 4 heteroatoms. The van der Waals surface area contributed by atoms with Crippen molar-refractivity contribution in [3.05, 3.63) is 94.3 Å². The number of hydrogen-bond acceptors (Lipinski definition) is 2.